The fraction of sp³-hybridized carbons (Fsp3) is 0.591. The van der Waals surface area contributed by atoms with E-state index >= 15 is 0 Å². The first kappa shape index (κ1) is 18.2. The molecule has 25 heavy (non-hydrogen) atoms. The lowest BCUT2D eigenvalue weighted by atomic mass is 9.92. The van der Waals surface area contributed by atoms with Crippen LogP contribution in [0.15, 0.2) is 41.5 Å². The molecule has 0 saturated carbocycles. The third-order valence-corrected chi connectivity index (χ3v) is 5.58. The largest absolute Gasteiger partial charge is 0.319 e. The van der Waals surface area contributed by atoms with Crippen LogP contribution in [0.25, 0.3) is 0 Å². The van der Waals surface area contributed by atoms with Crippen LogP contribution in [0.5, 0.6) is 0 Å². The van der Waals surface area contributed by atoms with E-state index in [1.54, 1.807) is 0 Å². The van der Waals surface area contributed by atoms with E-state index in [0.29, 0.717) is 11.9 Å². The molecule has 3 rings (SSSR count). The molecule has 1 heterocycles. The lowest BCUT2D eigenvalue weighted by molar-refractivity contribution is -0.127. The molecule has 0 spiro atoms. The Balaban J connectivity index is 1.64. The summed E-state index contributed by atoms with van der Waals surface area (Å²) < 4.78 is 0. The second-order valence-electron chi connectivity index (χ2n) is 7.56. The Morgan fingerprint density at radius 3 is 2.72 bits per heavy atom. The molecular formula is C22H32N2O. The molecule has 0 bridgehead atoms. The first-order chi connectivity index (χ1) is 12.2. The zero-order valence-electron chi connectivity index (χ0n) is 15.8. The van der Waals surface area contributed by atoms with E-state index < -0.39 is 0 Å². The number of nitrogens with one attached hydrogen (secondary N) is 1. The van der Waals surface area contributed by atoms with Crippen LogP contribution in [-0.4, -0.2) is 29.6 Å². The standard InChI is InChI=1S/C22H32N2O/c1-3-4-16-24-21(19-12-8-9-13-20(19)22(24)25)23-17(2)14-15-18-10-6-5-7-11-18/h5-7,10-11,17,21,23H,3-4,8-9,12-16H2,1-2H3/t17-,21-/m0/s1. The number of amides is 1. The summed E-state index contributed by atoms with van der Waals surface area (Å²) in [7, 11) is 0. The fourth-order valence-electron chi connectivity index (χ4n) is 4.08. The van der Waals surface area contributed by atoms with Crippen LogP contribution in [0.1, 0.15) is 64.4 Å². The van der Waals surface area contributed by atoms with Crippen molar-refractivity contribution >= 4 is 5.91 Å². The third-order valence-electron chi connectivity index (χ3n) is 5.58. The molecule has 1 aromatic rings. The molecule has 3 nitrogen and oxygen atoms in total. The summed E-state index contributed by atoms with van der Waals surface area (Å²) in [6.07, 6.45) is 9.00. The first-order valence-electron chi connectivity index (χ1n) is 10.0. The minimum Gasteiger partial charge on any atom is -0.319 e. The molecule has 1 aromatic carbocycles. The van der Waals surface area contributed by atoms with Gasteiger partial charge in [-0.1, -0.05) is 43.7 Å². The van der Waals surface area contributed by atoms with Gasteiger partial charge in [0.2, 0.25) is 0 Å². The zero-order chi connectivity index (χ0) is 17.6. The zero-order valence-corrected chi connectivity index (χ0v) is 15.8. The maximum atomic E-state index is 12.8. The molecule has 1 aliphatic heterocycles. The average Bonchev–Trinajstić information content (AvgIpc) is 2.91. The van der Waals surface area contributed by atoms with E-state index in [-0.39, 0.29) is 6.17 Å². The summed E-state index contributed by atoms with van der Waals surface area (Å²) in [5.74, 6) is 0.302. The van der Waals surface area contributed by atoms with E-state index in [1.165, 1.54) is 24.0 Å². The van der Waals surface area contributed by atoms with E-state index in [1.807, 2.05) is 0 Å². The van der Waals surface area contributed by atoms with Gasteiger partial charge in [0.25, 0.3) is 5.91 Å². The van der Waals surface area contributed by atoms with Gasteiger partial charge in [-0.05, 0) is 63.0 Å². The fourth-order valence-corrected chi connectivity index (χ4v) is 4.08. The van der Waals surface area contributed by atoms with Gasteiger partial charge in [0, 0.05) is 18.2 Å². The van der Waals surface area contributed by atoms with Gasteiger partial charge in [-0.2, -0.15) is 0 Å². The van der Waals surface area contributed by atoms with Crippen molar-refractivity contribution in [3.05, 3.63) is 47.0 Å². The monoisotopic (exact) mass is 340 g/mol. The lowest BCUT2D eigenvalue weighted by Gasteiger charge is -2.31. The SMILES string of the molecule is CCCCN1C(=O)C2=C(CCCC2)[C@H]1N[C@@H](C)CCc1ccccc1. The number of unbranched alkanes of at least 4 members (excludes halogenated alkanes) is 1. The van der Waals surface area contributed by atoms with Crippen molar-refractivity contribution in [2.24, 2.45) is 0 Å². The maximum Gasteiger partial charge on any atom is 0.251 e. The summed E-state index contributed by atoms with van der Waals surface area (Å²) in [4.78, 5) is 15.0. The molecule has 0 saturated heterocycles. The topological polar surface area (TPSA) is 32.3 Å². The van der Waals surface area contributed by atoms with Crippen molar-refractivity contribution in [2.75, 3.05) is 6.54 Å². The minimum absolute atomic E-state index is 0.139. The molecule has 0 radical (unpaired) electrons. The van der Waals surface area contributed by atoms with E-state index in [2.05, 4.69) is 54.4 Å². The molecular weight excluding hydrogens is 308 g/mol. The van der Waals surface area contributed by atoms with E-state index in [0.717, 1.165) is 50.6 Å². The highest BCUT2D eigenvalue weighted by Gasteiger charge is 2.39. The van der Waals surface area contributed by atoms with E-state index in [4.69, 9.17) is 0 Å². The van der Waals surface area contributed by atoms with Crippen molar-refractivity contribution < 1.29 is 4.79 Å². The van der Waals surface area contributed by atoms with Gasteiger partial charge in [0.05, 0.1) is 0 Å². The molecule has 2 atom stereocenters. The Kier molecular flexibility index (Phi) is 6.30. The van der Waals surface area contributed by atoms with Crippen LogP contribution in [-0.2, 0) is 11.2 Å². The van der Waals surface area contributed by atoms with Gasteiger partial charge in [0.1, 0.15) is 6.17 Å². The Labute approximate surface area is 152 Å². The van der Waals surface area contributed by atoms with Crippen molar-refractivity contribution in [3.63, 3.8) is 0 Å². The number of benzene rings is 1. The molecule has 1 amide bonds. The number of aryl methyl sites for hydroxylation is 1. The smallest absolute Gasteiger partial charge is 0.251 e. The maximum absolute atomic E-state index is 12.8. The molecule has 2 aliphatic rings. The molecule has 0 fully saturated rings. The summed E-state index contributed by atoms with van der Waals surface area (Å²) >= 11 is 0. The van der Waals surface area contributed by atoms with Gasteiger partial charge < -0.3 is 4.90 Å². The van der Waals surface area contributed by atoms with Crippen molar-refractivity contribution in [1.82, 2.24) is 10.2 Å². The van der Waals surface area contributed by atoms with Crippen LogP contribution < -0.4 is 5.32 Å². The number of rotatable bonds is 8. The van der Waals surface area contributed by atoms with Crippen LogP contribution in [0, 0.1) is 0 Å². The van der Waals surface area contributed by atoms with Crippen LogP contribution >= 0.6 is 0 Å². The summed E-state index contributed by atoms with van der Waals surface area (Å²) in [5.41, 5.74) is 3.90. The Bertz CT molecular complexity index is 608. The highest BCUT2D eigenvalue weighted by Crippen LogP contribution is 2.35. The molecule has 3 heteroatoms. The number of hydrogen-bond donors (Lipinski definition) is 1. The van der Waals surface area contributed by atoms with Gasteiger partial charge >= 0.3 is 0 Å². The van der Waals surface area contributed by atoms with E-state index in [9.17, 15) is 4.79 Å². The quantitative estimate of drug-likeness (QED) is 0.759. The van der Waals surface area contributed by atoms with Crippen molar-refractivity contribution in [2.45, 2.75) is 77.4 Å². The number of hydrogen-bond acceptors (Lipinski definition) is 2. The van der Waals surface area contributed by atoms with Crippen molar-refractivity contribution in [1.29, 1.82) is 0 Å². The van der Waals surface area contributed by atoms with Gasteiger partial charge in [-0.3, -0.25) is 10.1 Å². The van der Waals surface area contributed by atoms with Crippen LogP contribution in [0.3, 0.4) is 0 Å². The second-order valence-corrected chi connectivity index (χ2v) is 7.56. The number of carbonyl (C=O) groups excluding carboxylic acids is 1. The lowest BCUT2D eigenvalue weighted by Crippen LogP contribution is -2.49. The predicted octanol–water partition coefficient (Wildman–Crippen LogP) is 4.44. The minimum atomic E-state index is 0.139. The highest BCUT2D eigenvalue weighted by atomic mass is 16.2. The second kappa shape index (κ2) is 8.66. The number of carbonyl (C=O) groups is 1. The van der Waals surface area contributed by atoms with Crippen LogP contribution in [0.2, 0.25) is 0 Å². The summed E-state index contributed by atoms with van der Waals surface area (Å²) in [5, 5.41) is 3.78. The van der Waals surface area contributed by atoms with Crippen LogP contribution in [0.4, 0.5) is 0 Å². The number of nitrogens with zero attached hydrogens (tertiary/aromatic N) is 1. The molecule has 1 aliphatic carbocycles. The first-order valence-corrected chi connectivity index (χ1v) is 10.0. The van der Waals surface area contributed by atoms with Gasteiger partial charge in [-0.25, -0.2) is 0 Å². The van der Waals surface area contributed by atoms with Gasteiger partial charge in [-0.15, -0.1) is 0 Å². The Hall–Kier alpha value is -1.61. The van der Waals surface area contributed by atoms with Crippen molar-refractivity contribution in [3.8, 4) is 0 Å². The molecule has 1 N–H and O–H groups in total. The molecule has 0 aromatic heterocycles. The Morgan fingerprint density at radius 2 is 1.96 bits per heavy atom. The summed E-state index contributed by atoms with van der Waals surface area (Å²) in [6, 6.07) is 11.1. The average molecular weight is 341 g/mol. The summed E-state index contributed by atoms with van der Waals surface area (Å²) in [6.45, 7) is 5.33. The third kappa shape index (κ3) is 4.33. The molecule has 0 unspecified atom stereocenters. The highest BCUT2D eigenvalue weighted by molar-refractivity contribution is 5.97. The predicted molar refractivity (Wildman–Crippen MR) is 103 cm³/mol. The molecule has 136 valence electrons. The Morgan fingerprint density at radius 1 is 1.20 bits per heavy atom. The van der Waals surface area contributed by atoms with Gasteiger partial charge in [0.15, 0.2) is 0 Å². The normalized spacial score (nSPS) is 21.6.